The summed E-state index contributed by atoms with van der Waals surface area (Å²) in [6.45, 7) is 0.705. The van der Waals surface area contributed by atoms with Crippen LogP contribution in [0.4, 0.5) is 0 Å². The molecule has 3 N–H and O–H groups in total. The smallest absolute Gasteiger partial charge is 0.229 e. The zero-order valence-corrected chi connectivity index (χ0v) is 15.2. The van der Waals surface area contributed by atoms with Crippen LogP contribution in [0.2, 0.25) is 0 Å². The molecule has 0 radical (unpaired) electrons. The number of aliphatic hydroxyl groups is 1. The maximum Gasteiger partial charge on any atom is 0.229 e. The van der Waals surface area contributed by atoms with Crippen molar-refractivity contribution in [3.63, 3.8) is 0 Å². The number of carbonyl (C=O) groups excluding carboxylic acids is 1. The Bertz CT molecular complexity index is 407. The van der Waals surface area contributed by atoms with Crippen LogP contribution in [0.5, 0.6) is 0 Å². The largest absolute Gasteiger partial charge is 0.393 e. The van der Waals surface area contributed by atoms with Gasteiger partial charge in [-0.15, -0.1) is 0 Å². The average molecular weight is 338 g/mol. The van der Waals surface area contributed by atoms with Crippen molar-refractivity contribution in [3.05, 3.63) is 0 Å². The predicted octanol–water partition coefficient (Wildman–Crippen LogP) is 3.27. The minimum Gasteiger partial charge on any atom is -0.393 e. The molecule has 0 aromatic rings. The molecule has 24 heavy (non-hydrogen) atoms. The van der Waals surface area contributed by atoms with Gasteiger partial charge in [-0.1, -0.05) is 44.9 Å². The Balaban J connectivity index is 1.60. The Hall–Kier alpha value is -1.10. The van der Waals surface area contributed by atoms with Gasteiger partial charge in [-0.05, 0) is 37.5 Å². The number of nitrogens with one attached hydrogen (secondary N) is 2. The molecule has 0 aromatic heterocycles. The van der Waals surface area contributed by atoms with Gasteiger partial charge in [0.05, 0.1) is 6.10 Å². The minimum absolute atomic E-state index is 0.0474. The lowest BCUT2D eigenvalue weighted by molar-refractivity contribution is -0.126. The normalized spacial score (nSPS) is 25.2. The van der Waals surface area contributed by atoms with E-state index in [1.807, 2.05) is 0 Å². The number of aliphatic hydroxyl groups excluding tert-OH is 1. The third-order valence-electron chi connectivity index (χ3n) is 5.80. The summed E-state index contributed by atoms with van der Waals surface area (Å²) in [5.74, 6) is 1.50. The van der Waals surface area contributed by atoms with Gasteiger partial charge < -0.3 is 10.4 Å². The molecule has 0 unspecified atom stereocenters. The van der Waals surface area contributed by atoms with Gasteiger partial charge in [0.15, 0.2) is 5.96 Å². The van der Waals surface area contributed by atoms with Crippen LogP contribution < -0.4 is 5.32 Å². The van der Waals surface area contributed by atoms with Gasteiger partial charge in [-0.3, -0.25) is 15.1 Å². The minimum atomic E-state index is -0.146. The first kappa shape index (κ1) is 19.2. The van der Waals surface area contributed by atoms with E-state index in [0.29, 0.717) is 24.8 Å². The molecule has 2 aliphatic carbocycles. The van der Waals surface area contributed by atoms with Crippen molar-refractivity contribution < 1.29 is 9.90 Å². The first-order chi connectivity index (χ1) is 11.6. The molecule has 138 valence electrons. The number of guanidine groups is 1. The predicted molar refractivity (Wildman–Crippen MR) is 96.9 cm³/mol. The monoisotopic (exact) mass is 337 g/mol. The molecule has 2 saturated carbocycles. The second kappa shape index (κ2) is 10.0. The van der Waals surface area contributed by atoms with Gasteiger partial charge in [-0.2, -0.15) is 0 Å². The highest BCUT2D eigenvalue weighted by Crippen LogP contribution is 2.27. The van der Waals surface area contributed by atoms with E-state index in [-0.39, 0.29) is 18.0 Å². The van der Waals surface area contributed by atoms with Gasteiger partial charge in [0.25, 0.3) is 0 Å². The molecule has 5 nitrogen and oxygen atoms in total. The fraction of sp³-hybridized carbons (Fsp3) is 0.895. The van der Waals surface area contributed by atoms with Crippen LogP contribution in [0.1, 0.15) is 77.0 Å². The lowest BCUT2D eigenvalue weighted by atomic mass is 9.85. The van der Waals surface area contributed by atoms with Gasteiger partial charge in [-0.25, -0.2) is 0 Å². The molecule has 0 aliphatic heterocycles. The molecule has 5 heteroatoms. The van der Waals surface area contributed by atoms with E-state index >= 15 is 0 Å². The first-order valence-electron chi connectivity index (χ1n) is 9.83. The van der Waals surface area contributed by atoms with Gasteiger partial charge >= 0.3 is 0 Å². The molecule has 0 spiro atoms. The standard InChI is InChI=1S/C19H35N3O2/c1-22(18(24)11-10-15-6-3-2-4-7-15)19(20)21-13-12-16-8-5-9-17(23)14-16/h15-17,23H,2-14H2,1H3,(H2,20,21)/t16-,17-/m0/s1. The Morgan fingerprint density at radius 3 is 2.50 bits per heavy atom. The Labute approximate surface area is 146 Å². The summed E-state index contributed by atoms with van der Waals surface area (Å²) in [6.07, 6.45) is 12.9. The van der Waals surface area contributed by atoms with E-state index in [2.05, 4.69) is 5.32 Å². The summed E-state index contributed by atoms with van der Waals surface area (Å²) in [5.41, 5.74) is 0. The Morgan fingerprint density at radius 2 is 1.79 bits per heavy atom. The topological polar surface area (TPSA) is 76.4 Å². The highest BCUT2D eigenvalue weighted by Gasteiger charge is 2.21. The van der Waals surface area contributed by atoms with Crippen molar-refractivity contribution in [3.8, 4) is 0 Å². The summed E-state index contributed by atoms with van der Waals surface area (Å²) >= 11 is 0. The SMILES string of the molecule is CN(C(=N)NCC[C@@H]1CCC[C@H](O)C1)C(=O)CCC1CCCCC1. The van der Waals surface area contributed by atoms with Crippen molar-refractivity contribution in [1.82, 2.24) is 10.2 Å². The molecule has 2 rings (SSSR count). The lowest BCUT2D eigenvalue weighted by Crippen LogP contribution is -2.42. The molecule has 1 amide bonds. The van der Waals surface area contributed by atoms with Crippen LogP contribution >= 0.6 is 0 Å². The highest BCUT2D eigenvalue weighted by atomic mass is 16.3. The molecule has 2 fully saturated rings. The lowest BCUT2D eigenvalue weighted by Gasteiger charge is -2.27. The first-order valence-corrected chi connectivity index (χ1v) is 9.83. The van der Waals surface area contributed by atoms with Crippen molar-refractivity contribution in [2.75, 3.05) is 13.6 Å². The molecule has 2 aliphatic rings. The fourth-order valence-electron chi connectivity index (χ4n) is 4.13. The molecular formula is C19H35N3O2. The summed E-state index contributed by atoms with van der Waals surface area (Å²) in [5, 5.41) is 20.8. The van der Waals surface area contributed by atoms with E-state index in [1.165, 1.54) is 43.4 Å². The van der Waals surface area contributed by atoms with Gasteiger partial charge in [0, 0.05) is 20.0 Å². The second-order valence-electron chi connectivity index (χ2n) is 7.75. The van der Waals surface area contributed by atoms with Crippen molar-refractivity contribution in [2.45, 2.75) is 83.2 Å². The van der Waals surface area contributed by atoms with Gasteiger partial charge in [0.2, 0.25) is 5.91 Å². The molecule has 0 heterocycles. The summed E-state index contributed by atoms with van der Waals surface area (Å²) in [7, 11) is 1.70. The number of hydrogen-bond acceptors (Lipinski definition) is 3. The zero-order chi connectivity index (χ0) is 17.4. The van der Waals surface area contributed by atoms with Crippen molar-refractivity contribution in [2.24, 2.45) is 11.8 Å². The quantitative estimate of drug-likeness (QED) is 0.514. The summed E-state index contributed by atoms with van der Waals surface area (Å²) in [6, 6.07) is 0. The summed E-state index contributed by atoms with van der Waals surface area (Å²) < 4.78 is 0. The van der Waals surface area contributed by atoms with Crippen LogP contribution in [0.15, 0.2) is 0 Å². The maximum absolute atomic E-state index is 12.2. The third-order valence-corrected chi connectivity index (χ3v) is 5.80. The van der Waals surface area contributed by atoms with Crippen LogP contribution in [0.3, 0.4) is 0 Å². The fourth-order valence-corrected chi connectivity index (χ4v) is 4.13. The second-order valence-corrected chi connectivity index (χ2v) is 7.75. The molecule has 0 saturated heterocycles. The van der Waals surface area contributed by atoms with E-state index in [4.69, 9.17) is 5.41 Å². The van der Waals surface area contributed by atoms with Crippen LogP contribution in [-0.2, 0) is 4.79 Å². The Kier molecular flexibility index (Phi) is 8.03. The maximum atomic E-state index is 12.2. The third kappa shape index (κ3) is 6.42. The van der Waals surface area contributed by atoms with Crippen LogP contribution in [-0.4, -0.2) is 41.6 Å². The number of rotatable bonds is 6. The molecular weight excluding hydrogens is 302 g/mol. The molecule has 0 bridgehead atoms. The highest BCUT2D eigenvalue weighted by molar-refractivity contribution is 5.95. The van der Waals surface area contributed by atoms with E-state index < -0.39 is 0 Å². The number of hydrogen-bond donors (Lipinski definition) is 3. The number of carbonyl (C=O) groups is 1. The molecule has 2 atom stereocenters. The van der Waals surface area contributed by atoms with Crippen molar-refractivity contribution in [1.29, 1.82) is 5.41 Å². The zero-order valence-electron chi connectivity index (χ0n) is 15.2. The van der Waals surface area contributed by atoms with Crippen LogP contribution in [0, 0.1) is 17.2 Å². The van der Waals surface area contributed by atoms with Crippen molar-refractivity contribution >= 4 is 11.9 Å². The Morgan fingerprint density at radius 1 is 1.08 bits per heavy atom. The van der Waals surface area contributed by atoms with Gasteiger partial charge in [0.1, 0.15) is 0 Å². The van der Waals surface area contributed by atoms with E-state index in [9.17, 15) is 9.90 Å². The van der Waals surface area contributed by atoms with Crippen LogP contribution in [0.25, 0.3) is 0 Å². The summed E-state index contributed by atoms with van der Waals surface area (Å²) in [4.78, 5) is 13.7. The average Bonchev–Trinajstić information content (AvgIpc) is 2.60. The number of nitrogens with zero attached hydrogens (tertiary/aromatic N) is 1. The number of amides is 1. The van der Waals surface area contributed by atoms with E-state index in [0.717, 1.165) is 32.1 Å². The molecule has 0 aromatic carbocycles. The van der Waals surface area contributed by atoms with E-state index in [1.54, 1.807) is 7.05 Å².